The van der Waals surface area contributed by atoms with Crippen LogP contribution in [0.15, 0.2) is 54.6 Å². The van der Waals surface area contributed by atoms with E-state index in [2.05, 4.69) is 64.5 Å². The maximum Gasteiger partial charge on any atom is 0.251 e. The molecule has 1 aliphatic rings. The van der Waals surface area contributed by atoms with Gasteiger partial charge in [0.1, 0.15) is 0 Å². The van der Waals surface area contributed by atoms with Gasteiger partial charge in [-0.3, -0.25) is 9.69 Å². The molecule has 138 valence electrons. The molecular weight excluding hydrogens is 322 g/mol. The van der Waals surface area contributed by atoms with E-state index in [9.17, 15) is 4.79 Å². The molecule has 2 aromatic rings. The lowest BCUT2D eigenvalue weighted by Crippen LogP contribution is -2.45. The average Bonchev–Trinajstić information content (AvgIpc) is 2.69. The van der Waals surface area contributed by atoms with E-state index in [0.717, 1.165) is 44.7 Å². The van der Waals surface area contributed by atoms with Crippen molar-refractivity contribution >= 4 is 11.6 Å². The SMILES string of the molecule is CCC(C)NC(=O)c1ccc(CN2CCN(c3ccccc3)CC2)cc1. The van der Waals surface area contributed by atoms with Gasteiger partial charge in [-0.05, 0) is 43.2 Å². The fourth-order valence-corrected chi connectivity index (χ4v) is 3.23. The molecule has 0 radical (unpaired) electrons. The summed E-state index contributed by atoms with van der Waals surface area (Å²) in [7, 11) is 0. The number of piperazine rings is 1. The lowest BCUT2D eigenvalue weighted by molar-refractivity contribution is 0.0939. The molecule has 1 heterocycles. The molecule has 1 N–H and O–H groups in total. The second kappa shape index (κ2) is 8.86. The molecule has 1 unspecified atom stereocenters. The van der Waals surface area contributed by atoms with Crippen LogP contribution < -0.4 is 10.2 Å². The zero-order valence-corrected chi connectivity index (χ0v) is 15.8. The minimum atomic E-state index is 0.0161. The number of anilines is 1. The van der Waals surface area contributed by atoms with Gasteiger partial charge in [0.2, 0.25) is 0 Å². The van der Waals surface area contributed by atoms with Crippen molar-refractivity contribution < 1.29 is 4.79 Å². The fraction of sp³-hybridized carbons (Fsp3) is 0.409. The number of nitrogens with one attached hydrogen (secondary N) is 1. The second-order valence-electron chi connectivity index (χ2n) is 7.08. The Kier molecular flexibility index (Phi) is 6.29. The highest BCUT2D eigenvalue weighted by molar-refractivity contribution is 5.94. The molecule has 0 aromatic heterocycles. The molecule has 1 amide bonds. The van der Waals surface area contributed by atoms with E-state index in [1.165, 1.54) is 11.3 Å². The van der Waals surface area contributed by atoms with Crippen LogP contribution in [-0.4, -0.2) is 43.0 Å². The molecule has 0 bridgehead atoms. The zero-order chi connectivity index (χ0) is 18.4. The second-order valence-corrected chi connectivity index (χ2v) is 7.08. The summed E-state index contributed by atoms with van der Waals surface area (Å²) in [6.07, 6.45) is 0.943. The predicted octanol–water partition coefficient (Wildman–Crippen LogP) is 3.54. The molecule has 0 spiro atoms. The van der Waals surface area contributed by atoms with Crippen molar-refractivity contribution in [2.45, 2.75) is 32.9 Å². The lowest BCUT2D eigenvalue weighted by Gasteiger charge is -2.36. The molecule has 4 nitrogen and oxygen atoms in total. The third-order valence-electron chi connectivity index (χ3n) is 5.11. The van der Waals surface area contributed by atoms with Crippen molar-refractivity contribution in [3.63, 3.8) is 0 Å². The number of hydrogen-bond donors (Lipinski definition) is 1. The van der Waals surface area contributed by atoms with Crippen LogP contribution in [0.2, 0.25) is 0 Å². The van der Waals surface area contributed by atoms with Crippen LogP contribution in [0, 0.1) is 0 Å². The van der Waals surface area contributed by atoms with Crippen LogP contribution >= 0.6 is 0 Å². The predicted molar refractivity (Wildman–Crippen MR) is 108 cm³/mol. The first kappa shape index (κ1) is 18.5. The van der Waals surface area contributed by atoms with Crippen LogP contribution in [0.4, 0.5) is 5.69 Å². The molecule has 3 rings (SSSR count). The van der Waals surface area contributed by atoms with Gasteiger partial charge in [0.25, 0.3) is 5.91 Å². The standard InChI is InChI=1S/C22H29N3O/c1-3-18(2)23-22(26)20-11-9-19(10-12-20)17-24-13-15-25(16-14-24)21-7-5-4-6-8-21/h4-12,18H,3,13-17H2,1-2H3,(H,23,26). The first-order chi connectivity index (χ1) is 12.7. The summed E-state index contributed by atoms with van der Waals surface area (Å²) < 4.78 is 0. The zero-order valence-electron chi connectivity index (χ0n) is 15.8. The van der Waals surface area contributed by atoms with E-state index in [1.54, 1.807) is 0 Å². The first-order valence-electron chi connectivity index (χ1n) is 9.58. The van der Waals surface area contributed by atoms with Crippen molar-refractivity contribution in [2.75, 3.05) is 31.1 Å². The van der Waals surface area contributed by atoms with Gasteiger partial charge in [-0.15, -0.1) is 0 Å². The van der Waals surface area contributed by atoms with E-state index in [1.807, 2.05) is 19.1 Å². The summed E-state index contributed by atoms with van der Waals surface area (Å²) in [5.41, 5.74) is 3.31. The van der Waals surface area contributed by atoms with Crippen LogP contribution in [0.3, 0.4) is 0 Å². The monoisotopic (exact) mass is 351 g/mol. The molecule has 1 fully saturated rings. The van der Waals surface area contributed by atoms with Gasteiger partial charge in [0.05, 0.1) is 0 Å². The average molecular weight is 351 g/mol. The van der Waals surface area contributed by atoms with Gasteiger partial charge >= 0.3 is 0 Å². The number of para-hydroxylation sites is 1. The summed E-state index contributed by atoms with van der Waals surface area (Å²) in [5, 5.41) is 3.01. The number of nitrogens with zero attached hydrogens (tertiary/aromatic N) is 2. The molecule has 4 heteroatoms. The largest absolute Gasteiger partial charge is 0.369 e. The van der Waals surface area contributed by atoms with Gasteiger partial charge in [0.15, 0.2) is 0 Å². The van der Waals surface area contributed by atoms with E-state index in [0.29, 0.717) is 0 Å². The Morgan fingerprint density at radius 2 is 1.65 bits per heavy atom. The highest BCUT2D eigenvalue weighted by Crippen LogP contribution is 2.17. The van der Waals surface area contributed by atoms with Crippen molar-refractivity contribution in [3.8, 4) is 0 Å². The molecule has 1 aliphatic heterocycles. The Bertz CT molecular complexity index is 691. The summed E-state index contributed by atoms with van der Waals surface area (Å²) in [6, 6.07) is 18.9. The normalized spacial score (nSPS) is 16.3. The van der Waals surface area contributed by atoms with Gasteiger partial charge in [-0.2, -0.15) is 0 Å². The maximum absolute atomic E-state index is 12.2. The summed E-state index contributed by atoms with van der Waals surface area (Å²) in [4.78, 5) is 17.1. The third-order valence-corrected chi connectivity index (χ3v) is 5.11. The fourth-order valence-electron chi connectivity index (χ4n) is 3.23. The van der Waals surface area contributed by atoms with Crippen LogP contribution in [0.1, 0.15) is 36.2 Å². The Hall–Kier alpha value is -2.33. The van der Waals surface area contributed by atoms with E-state index < -0.39 is 0 Å². The smallest absolute Gasteiger partial charge is 0.251 e. The maximum atomic E-state index is 12.2. The number of benzene rings is 2. The minimum Gasteiger partial charge on any atom is -0.369 e. The molecule has 1 saturated heterocycles. The van der Waals surface area contributed by atoms with Crippen LogP contribution in [0.25, 0.3) is 0 Å². The van der Waals surface area contributed by atoms with Crippen LogP contribution in [0.5, 0.6) is 0 Å². The summed E-state index contributed by atoms with van der Waals surface area (Å²) in [5.74, 6) is 0.0161. The van der Waals surface area contributed by atoms with E-state index >= 15 is 0 Å². The molecule has 1 atom stereocenters. The third kappa shape index (κ3) is 4.85. The van der Waals surface area contributed by atoms with Gasteiger partial charge in [0, 0.05) is 50.0 Å². The number of carbonyl (C=O) groups is 1. The number of hydrogen-bond acceptors (Lipinski definition) is 3. The molecule has 26 heavy (non-hydrogen) atoms. The van der Waals surface area contributed by atoms with Gasteiger partial charge < -0.3 is 10.2 Å². The topological polar surface area (TPSA) is 35.6 Å². The van der Waals surface area contributed by atoms with Gasteiger partial charge in [-0.1, -0.05) is 37.3 Å². The molecule has 2 aromatic carbocycles. The van der Waals surface area contributed by atoms with Crippen molar-refractivity contribution in [1.82, 2.24) is 10.2 Å². The van der Waals surface area contributed by atoms with E-state index in [-0.39, 0.29) is 11.9 Å². The minimum absolute atomic E-state index is 0.0161. The van der Waals surface area contributed by atoms with Gasteiger partial charge in [-0.25, -0.2) is 0 Å². The Balaban J connectivity index is 1.50. The number of amides is 1. The van der Waals surface area contributed by atoms with Crippen molar-refractivity contribution in [2.24, 2.45) is 0 Å². The highest BCUT2D eigenvalue weighted by Gasteiger charge is 2.17. The number of rotatable bonds is 6. The lowest BCUT2D eigenvalue weighted by atomic mass is 10.1. The Morgan fingerprint density at radius 3 is 2.27 bits per heavy atom. The molecular formula is C22H29N3O. The Morgan fingerprint density at radius 1 is 1.00 bits per heavy atom. The van der Waals surface area contributed by atoms with Crippen LogP contribution in [-0.2, 0) is 6.54 Å². The molecule has 0 saturated carbocycles. The highest BCUT2D eigenvalue weighted by atomic mass is 16.1. The van der Waals surface area contributed by atoms with Crippen molar-refractivity contribution in [3.05, 3.63) is 65.7 Å². The first-order valence-corrected chi connectivity index (χ1v) is 9.58. The molecule has 0 aliphatic carbocycles. The Labute approximate surface area is 156 Å². The van der Waals surface area contributed by atoms with E-state index in [4.69, 9.17) is 0 Å². The van der Waals surface area contributed by atoms with Crippen molar-refractivity contribution in [1.29, 1.82) is 0 Å². The summed E-state index contributed by atoms with van der Waals surface area (Å²) in [6.45, 7) is 9.28. The quantitative estimate of drug-likeness (QED) is 0.865. The summed E-state index contributed by atoms with van der Waals surface area (Å²) >= 11 is 0. The number of carbonyl (C=O) groups excluding carboxylic acids is 1.